The normalized spacial score (nSPS) is 13.7. The summed E-state index contributed by atoms with van der Waals surface area (Å²) in [5.74, 6) is -0.826. The van der Waals surface area contributed by atoms with Crippen LogP contribution in [0.25, 0.3) is 0 Å². The second-order valence-electron chi connectivity index (χ2n) is 20.9. The lowest BCUT2D eigenvalue weighted by molar-refractivity contribution is -0.161. The van der Waals surface area contributed by atoms with Crippen molar-refractivity contribution < 1.29 is 37.6 Å². The van der Waals surface area contributed by atoms with Gasteiger partial charge in [0.15, 0.2) is 6.10 Å². The van der Waals surface area contributed by atoms with Gasteiger partial charge in [0, 0.05) is 19.4 Å². The number of phosphoric acid groups is 1. The highest BCUT2D eigenvalue weighted by Crippen LogP contribution is 2.43. The number of nitrogens with two attached hydrogens (primary N) is 1. The minimum atomic E-state index is -4.39. The van der Waals surface area contributed by atoms with Crippen LogP contribution in [0, 0.1) is 0 Å². The van der Waals surface area contributed by atoms with Crippen molar-refractivity contribution in [1.29, 1.82) is 0 Å². The molecule has 0 aliphatic heterocycles. The fourth-order valence-corrected chi connectivity index (χ4v) is 9.55. The van der Waals surface area contributed by atoms with Crippen molar-refractivity contribution in [1.82, 2.24) is 0 Å². The number of allylic oxidation sites excluding steroid dienone is 16. The van der Waals surface area contributed by atoms with Crippen LogP contribution in [0.2, 0.25) is 0 Å². The fraction of sp³-hybridized carbons (Fsp3) is 0.731. The maximum absolute atomic E-state index is 12.7. The van der Waals surface area contributed by atoms with E-state index in [-0.39, 0.29) is 38.6 Å². The molecule has 0 spiro atoms. The number of carbonyl (C=O) groups is 2. The van der Waals surface area contributed by atoms with Crippen LogP contribution in [0.4, 0.5) is 0 Å². The standard InChI is InChI=1S/C67H118NO8P/c1-3-5-7-9-11-13-15-17-19-21-22-23-24-25-26-27-28-29-30-31-32-33-34-35-36-37-38-39-40-41-42-44-46-48-50-52-54-56-58-60-67(70)76-65(64-75-77(71,72)74-62-61-68)63-73-66(69)59-57-55-53-51-49-47-45-43-20-18-16-14-12-10-8-6-4-2/h5,7,11,13,17-20,22-23,25-26,28-29,31-32,65H,3-4,6,8-10,12,14-16,21,24,27,30,33-64,68H2,1-2H3,(H,71,72)/b7-5-,13-11-,19-17-,20-18-,23-22-,26-25-,29-28-,32-31-. The molecule has 3 N–H and O–H groups in total. The van der Waals surface area contributed by atoms with Crippen LogP contribution in [0.5, 0.6) is 0 Å². The van der Waals surface area contributed by atoms with Gasteiger partial charge in [-0.25, -0.2) is 4.57 Å². The first-order chi connectivity index (χ1) is 37.8. The Labute approximate surface area is 474 Å². The van der Waals surface area contributed by atoms with Gasteiger partial charge >= 0.3 is 19.8 Å². The van der Waals surface area contributed by atoms with E-state index in [1.165, 1.54) is 154 Å². The highest BCUT2D eigenvalue weighted by molar-refractivity contribution is 7.47. The van der Waals surface area contributed by atoms with E-state index in [1.54, 1.807) is 0 Å². The quantitative estimate of drug-likeness (QED) is 0.0264. The van der Waals surface area contributed by atoms with Crippen molar-refractivity contribution in [2.45, 2.75) is 290 Å². The SMILES string of the molecule is CC/C=C\C/C=C\C/C=C\C/C=C\C/C=C\C/C=C\C/C=C\CCCCCCCCCCCCCCCCCCCC(=O)OC(COC(=O)CCCCCCCCC/C=C\CCCCCCCC)COP(=O)(O)OCCN. The van der Waals surface area contributed by atoms with E-state index >= 15 is 0 Å². The van der Waals surface area contributed by atoms with E-state index in [2.05, 4.69) is 111 Å². The van der Waals surface area contributed by atoms with Crippen molar-refractivity contribution in [2.24, 2.45) is 5.73 Å². The molecule has 0 saturated heterocycles. The van der Waals surface area contributed by atoms with Crippen molar-refractivity contribution in [3.63, 3.8) is 0 Å². The van der Waals surface area contributed by atoms with Crippen molar-refractivity contribution in [3.8, 4) is 0 Å². The number of unbranched alkanes of at least 4 members (excludes halogenated alkanes) is 30. The molecular weight excluding hydrogens is 978 g/mol. The smallest absolute Gasteiger partial charge is 0.462 e. The molecule has 0 radical (unpaired) electrons. The molecule has 9 nitrogen and oxygen atoms in total. The minimum Gasteiger partial charge on any atom is -0.462 e. The molecule has 77 heavy (non-hydrogen) atoms. The molecule has 444 valence electrons. The minimum absolute atomic E-state index is 0.0512. The van der Waals surface area contributed by atoms with Gasteiger partial charge in [-0.3, -0.25) is 18.6 Å². The first kappa shape index (κ1) is 73.9. The molecular formula is C67H118NO8P. The Morgan fingerprint density at radius 1 is 0.403 bits per heavy atom. The second kappa shape index (κ2) is 62.1. The highest BCUT2D eigenvalue weighted by atomic mass is 31.2. The zero-order valence-electron chi connectivity index (χ0n) is 49.7. The topological polar surface area (TPSA) is 134 Å². The van der Waals surface area contributed by atoms with Gasteiger partial charge in [-0.05, 0) is 96.3 Å². The van der Waals surface area contributed by atoms with Gasteiger partial charge in [-0.1, -0.05) is 272 Å². The molecule has 0 fully saturated rings. The summed E-state index contributed by atoms with van der Waals surface area (Å²) in [5, 5.41) is 0. The summed E-state index contributed by atoms with van der Waals surface area (Å²) in [6.07, 6.45) is 83.4. The van der Waals surface area contributed by atoms with E-state index in [0.29, 0.717) is 6.42 Å². The van der Waals surface area contributed by atoms with Crippen LogP contribution in [-0.2, 0) is 32.7 Å². The lowest BCUT2D eigenvalue weighted by Crippen LogP contribution is -2.29. The Hall–Kier alpha value is -3.07. The van der Waals surface area contributed by atoms with E-state index in [1.807, 2.05) is 0 Å². The lowest BCUT2D eigenvalue weighted by Gasteiger charge is -2.19. The van der Waals surface area contributed by atoms with Crippen molar-refractivity contribution in [2.75, 3.05) is 26.4 Å². The number of rotatable bonds is 59. The summed E-state index contributed by atoms with van der Waals surface area (Å²) in [6.45, 7) is 3.64. The largest absolute Gasteiger partial charge is 0.472 e. The fourth-order valence-electron chi connectivity index (χ4n) is 8.79. The van der Waals surface area contributed by atoms with Crippen LogP contribution in [-0.4, -0.2) is 49.3 Å². The van der Waals surface area contributed by atoms with Crippen molar-refractivity contribution in [3.05, 3.63) is 97.2 Å². The lowest BCUT2D eigenvalue weighted by atomic mass is 10.0. The summed E-state index contributed by atoms with van der Waals surface area (Å²) in [4.78, 5) is 35.2. The number of ether oxygens (including phenoxy) is 2. The number of hydrogen-bond acceptors (Lipinski definition) is 8. The average Bonchev–Trinajstić information content (AvgIpc) is 3.42. The Kier molecular flexibility index (Phi) is 59.7. The number of phosphoric ester groups is 1. The zero-order valence-corrected chi connectivity index (χ0v) is 50.6. The van der Waals surface area contributed by atoms with Gasteiger partial charge in [0.2, 0.25) is 0 Å². The zero-order chi connectivity index (χ0) is 55.9. The van der Waals surface area contributed by atoms with Gasteiger partial charge in [0.05, 0.1) is 13.2 Å². The summed E-state index contributed by atoms with van der Waals surface area (Å²) in [7, 11) is -4.39. The number of esters is 2. The summed E-state index contributed by atoms with van der Waals surface area (Å²) in [6, 6.07) is 0. The third-order valence-corrected chi connectivity index (χ3v) is 14.4. The third kappa shape index (κ3) is 62.0. The molecule has 2 atom stereocenters. The Morgan fingerprint density at radius 2 is 0.714 bits per heavy atom. The molecule has 0 aromatic carbocycles. The van der Waals surface area contributed by atoms with Gasteiger partial charge in [-0.15, -0.1) is 0 Å². The first-order valence-corrected chi connectivity index (χ1v) is 33.2. The molecule has 0 amide bonds. The van der Waals surface area contributed by atoms with Crippen molar-refractivity contribution >= 4 is 19.8 Å². The van der Waals surface area contributed by atoms with Crippen LogP contribution < -0.4 is 5.73 Å². The summed E-state index contributed by atoms with van der Waals surface area (Å²) < 4.78 is 33.1. The van der Waals surface area contributed by atoms with E-state index in [0.717, 1.165) is 96.3 Å². The second-order valence-corrected chi connectivity index (χ2v) is 22.3. The van der Waals surface area contributed by atoms with E-state index in [9.17, 15) is 19.0 Å². The van der Waals surface area contributed by atoms with Crippen LogP contribution in [0.3, 0.4) is 0 Å². The van der Waals surface area contributed by atoms with Crippen LogP contribution >= 0.6 is 7.82 Å². The molecule has 0 aliphatic rings. The monoisotopic (exact) mass is 1100 g/mol. The molecule has 0 bridgehead atoms. The Balaban J connectivity index is 3.86. The van der Waals surface area contributed by atoms with Crippen LogP contribution in [0.15, 0.2) is 97.2 Å². The van der Waals surface area contributed by atoms with Gasteiger partial charge < -0.3 is 20.1 Å². The maximum Gasteiger partial charge on any atom is 0.472 e. The summed E-state index contributed by atoms with van der Waals surface area (Å²) in [5.41, 5.74) is 5.39. The molecule has 2 unspecified atom stereocenters. The molecule has 0 heterocycles. The third-order valence-electron chi connectivity index (χ3n) is 13.5. The van der Waals surface area contributed by atoms with E-state index in [4.69, 9.17) is 24.3 Å². The number of hydrogen-bond donors (Lipinski definition) is 2. The molecule has 0 saturated carbocycles. The van der Waals surface area contributed by atoms with Gasteiger partial charge in [-0.2, -0.15) is 0 Å². The highest BCUT2D eigenvalue weighted by Gasteiger charge is 2.26. The van der Waals surface area contributed by atoms with Gasteiger partial charge in [0.1, 0.15) is 6.61 Å². The summed E-state index contributed by atoms with van der Waals surface area (Å²) >= 11 is 0. The predicted octanol–water partition coefficient (Wildman–Crippen LogP) is 20.4. The van der Waals surface area contributed by atoms with Crippen LogP contribution in [0.1, 0.15) is 284 Å². The average molecular weight is 1100 g/mol. The molecule has 0 aliphatic carbocycles. The maximum atomic E-state index is 12.7. The molecule has 0 aromatic heterocycles. The molecule has 10 heteroatoms. The Morgan fingerprint density at radius 3 is 1.08 bits per heavy atom. The molecule has 0 rings (SSSR count). The predicted molar refractivity (Wildman–Crippen MR) is 330 cm³/mol. The first-order valence-electron chi connectivity index (χ1n) is 31.7. The Bertz CT molecular complexity index is 1580. The number of carbonyl (C=O) groups excluding carboxylic acids is 2. The van der Waals surface area contributed by atoms with E-state index < -0.39 is 26.5 Å². The molecule has 0 aromatic rings. The van der Waals surface area contributed by atoms with Gasteiger partial charge in [0.25, 0.3) is 0 Å².